The summed E-state index contributed by atoms with van der Waals surface area (Å²) in [5.41, 5.74) is 3.06. The maximum Gasteiger partial charge on any atom is 0.254 e. The number of halogens is 1. The molecule has 0 unspecified atom stereocenters. The Bertz CT molecular complexity index is 1620. The number of rotatable bonds is 6. The first-order valence-electron chi connectivity index (χ1n) is 13.6. The monoisotopic (exact) mass is 559 g/mol. The molecule has 4 aromatic rings. The molecule has 0 saturated carbocycles. The lowest BCUT2D eigenvalue weighted by Crippen LogP contribution is -2.46. The number of nitrogens with zero attached hydrogens (tertiary/aromatic N) is 7. The standard InChI is InChI=1S/C29H30FN7O4/c1-18(24-7-6-22(30)13-32-24)40-25-9-19(14-37-27(25)20(10-31)11-34-37)21-12-33-36(15-21)23-5-4-8-35(16-23)28(38)26-17-39-29(2,3)41-26/h6-7,9,11-15,18,23,26H,4-5,8,16-17H2,1-3H3/t18-,23+,26-/m1/s1. The summed E-state index contributed by atoms with van der Waals surface area (Å²) < 4.78 is 34.5. The van der Waals surface area contributed by atoms with Crippen molar-refractivity contribution in [3.63, 3.8) is 0 Å². The zero-order valence-corrected chi connectivity index (χ0v) is 23.0. The number of carbonyl (C=O) groups is 1. The van der Waals surface area contributed by atoms with E-state index in [9.17, 15) is 14.4 Å². The summed E-state index contributed by atoms with van der Waals surface area (Å²) in [6, 6.07) is 6.91. The van der Waals surface area contributed by atoms with Gasteiger partial charge in [-0.05, 0) is 51.8 Å². The first-order valence-corrected chi connectivity index (χ1v) is 13.6. The second kappa shape index (κ2) is 10.6. The van der Waals surface area contributed by atoms with E-state index in [0.29, 0.717) is 35.6 Å². The summed E-state index contributed by atoms with van der Waals surface area (Å²) in [5, 5.41) is 18.6. The van der Waals surface area contributed by atoms with E-state index in [2.05, 4.69) is 21.3 Å². The first kappa shape index (κ1) is 26.9. The molecule has 4 aromatic heterocycles. The zero-order valence-electron chi connectivity index (χ0n) is 23.0. The molecule has 2 fully saturated rings. The van der Waals surface area contributed by atoms with Gasteiger partial charge in [-0.15, -0.1) is 0 Å². The number of carbonyl (C=O) groups excluding carboxylic acids is 1. The molecule has 0 N–H and O–H groups in total. The van der Waals surface area contributed by atoms with Gasteiger partial charge >= 0.3 is 0 Å². The molecule has 0 spiro atoms. The van der Waals surface area contributed by atoms with Gasteiger partial charge in [-0.1, -0.05) is 0 Å². The third-order valence-corrected chi connectivity index (χ3v) is 7.47. The number of hydrogen-bond acceptors (Lipinski definition) is 8. The van der Waals surface area contributed by atoms with Crippen LogP contribution in [-0.2, 0) is 14.3 Å². The second-order valence-electron chi connectivity index (χ2n) is 10.8. The minimum Gasteiger partial charge on any atom is -0.482 e. The van der Waals surface area contributed by atoms with Gasteiger partial charge in [0.15, 0.2) is 11.9 Å². The van der Waals surface area contributed by atoms with Crippen LogP contribution in [0.1, 0.15) is 57.0 Å². The SMILES string of the molecule is C[C@@H](Oc1cc(-c2cnn([C@H]3CCCN(C(=O)[C@H]4COC(C)(C)O4)C3)c2)cn2ncc(C#N)c12)c1ccc(F)cn1. The van der Waals surface area contributed by atoms with Gasteiger partial charge in [0.2, 0.25) is 0 Å². The van der Waals surface area contributed by atoms with Crippen LogP contribution in [0.4, 0.5) is 4.39 Å². The fourth-order valence-electron chi connectivity index (χ4n) is 5.36. The molecule has 0 aliphatic carbocycles. The number of nitriles is 1. The number of hydrogen-bond donors (Lipinski definition) is 0. The Kier molecular flexibility index (Phi) is 6.93. The van der Waals surface area contributed by atoms with E-state index < -0.39 is 23.8 Å². The molecule has 41 heavy (non-hydrogen) atoms. The fourth-order valence-corrected chi connectivity index (χ4v) is 5.36. The van der Waals surface area contributed by atoms with Crippen LogP contribution in [0.25, 0.3) is 16.6 Å². The Morgan fingerprint density at radius 1 is 1.22 bits per heavy atom. The third kappa shape index (κ3) is 5.38. The predicted molar refractivity (Wildman–Crippen MR) is 144 cm³/mol. The highest BCUT2D eigenvalue weighted by Gasteiger charge is 2.40. The molecular formula is C29H30FN7O4. The van der Waals surface area contributed by atoms with E-state index in [0.717, 1.165) is 30.2 Å². The van der Waals surface area contributed by atoms with Crippen LogP contribution in [0.5, 0.6) is 5.75 Å². The largest absolute Gasteiger partial charge is 0.482 e. The first-order chi connectivity index (χ1) is 19.7. The molecule has 3 atom stereocenters. The number of ether oxygens (including phenoxy) is 3. The Morgan fingerprint density at radius 2 is 2.07 bits per heavy atom. The van der Waals surface area contributed by atoms with Crippen LogP contribution in [-0.4, -0.2) is 66.8 Å². The Labute approximate surface area is 236 Å². The summed E-state index contributed by atoms with van der Waals surface area (Å²) in [5.74, 6) is -0.803. The molecule has 2 aliphatic rings. The molecule has 0 radical (unpaired) electrons. The minimum absolute atomic E-state index is 0.00991. The van der Waals surface area contributed by atoms with Gasteiger partial charge in [-0.3, -0.25) is 14.5 Å². The number of amides is 1. The summed E-state index contributed by atoms with van der Waals surface area (Å²) in [6.45, 7) is 6.88. The number of piperidine rings is 1. The van der Waals surface area contributed by atoms with E-state index in [1.807, 2.05) is 48.8 Å². The highest BCUT2D eigenvalue weighted by molar-refractivity contribution is 5.81. The summed E-state index contributed by atoms with van der Waals surface area (Å²) in [6.07, 6.45) is 8.80. The minimum atomic E-state index is -0.758. The van der Waals surface area contributed by atoms with Crippen molar-refractivity contribution in [2.75, 3.05) is 19.7 Å². The molecule has 212 valence electrons. The average Bonchev–Trinajstić information content (AvgIpc) is 3.71. The van der Waals surface area contributed by atoms with Gasteiger partial charge in [0.05, 0.1) is 36.9 Å². The Morgan fingerprint density at radius 3 is 2.80 bits per heavy atom. The molecule has 6 heterocycles. The van der Waals surface area contributed by atoms with E-state index >= 15 is 0 Å². The lowest BCUT2D eigenvalue weighted by molar-refractivity contribution is -0.161. The number of likely N-dealkylation sites (tertiary alicyclic amines) is 1. The van der Waals surface area contributed by atoms with Crippen molar-refractivity contribution in [1.29, 1.82) is 5.26 Å². The normalized spacial score (nSPS) is 21.1. The summed E-state index contributed by atoms with van der Waals surface area (Å²) >= 11 is 0. The quantitative estimate of drug-likeness (QED) is 0.347. The van der Waals surface area contributed by atoms with Crippen molar-refractivity contribution in [3.8, 4) is 22.9 Å². The maximum absolute atomic E-state index is 13.4. The molecule has 0 bridgehead atoms. The van der Waals surface area contributed by atoms with Gasteiger partial charge in [-0.25, -0.2) is 8.91 Å². The van der Waals surface area contributed by atoms with Crippen LogP contribution in [0.3, 0.4) is 0 Å². The van der Waals surface area contributed by atoms with Crippen LogP contribution in [0.15, 0.2) is 49.2 Å². The molecule has 6 rings (SSSR count). The molecule has 2 saturated heterocycles. The van der Waals surface area contributed by atoms with Crippen molar-refractivity contribution >= 4 is 11.4 Å². The number of aromatic nitrogens is 5. The average molecular weight is 560 g/mol. The van der Waals surface area contributed by atoms with Crippen molar-refractivity contribution in [2.45, 2.75) is 57.6 Å². The Hall–Kier alpha value is -4.34. The predicted octanol–water partition coefficient (Wildman–Crippen LogP) is 4.06. The molecule has 11 nitrogen and oxygen atoms in total. The van der Waals surface area contributed by atoms with E-state index in [1.54, 1.807) is 16.8 Å². The molecule has 12 heteroatoms. The lowest BCUT2D eigenvalue weighted by atomic mass is 10.0. The zero-order chi connectivity index (χ0) is 28.7. The van der Waals surface area contributed by atoms with Crippen molar-refractivity contribution in [1.82, 2.24) is 29.3 Å². The van der Waals surface area contributed by atoms with Gasteiger partial charge in [0.1, 0.15) is 34.8 Å². The van der Waals surface area contributed by atoms with Crippen molar-refractivity contribution in [2.24, 2.45) is 0 Å². The highest BCUT2D eigenvalue weighted by atomic mass is 19.1. The van der Waals surface area contributed by atoms with E-state index in [-0.39, 0.29) is 18.6 Å². The van der Waals surface area contributed by atoms with Crippen LogP contribution >= 0.6 is 0 Å². The molecular weight excluding hydrogens is 529 g/mol. The van der Waals surface area contributed by atoms with Crippen molar-refractivity contribution in [3.05, 3.63) is 66.3 Å². The number of pyridine rings is 2. The van der Waals surface area contributed by atoms with Gasteiger partial charge in [0, 0.05) is 36.6 Å². The maximum atomic E-state index is 13.4. The van der Waals surface area contributed by atoms with E-state index in [4.69, 9.17) is 14.2 Å². The fraction of sp³-hybridized carbons (Fsp3) is 0.414. The van der Waals surface area contributed by atoms with Crippen LogP contribution in [0, 0.1) is 17.1 Å². The van der Waals surface area contributed by atoms with Crippen LogP contribution < -0.4 is 4.74 Å². The van der Waals surface area contributed by atoms with Crippen molar-refractivity contribution < 1.29 is 23.4 Å². The summed E-state index contributed by atoms with van der Waals surface area (Å²) in [7, 11) is 0. The van der Waals surface area contributed by atoms with Crippen LogP contribution in [0.2, 0.25) is 0 Å². The Balaban J connectivity index is 1.25. The van der Waals surface area contributed by atoms with Gasteiger partial charge in [0.25, 0.3) is 5.91 Å². The summed E-state index contributed by atoms with van der Waals surface area (Å²) in [4.78, 5) is 19.1. The molecule has 1 amide bonds. The molecule has 0 aromatic carbocycles. The highest BCUT2D eigenvalue weighted by Crippen LogP contribution is 2.34. The number of fused-ring (bicyclic) bond motifs is 1. The topological polar surface area (TPSA) is 120 Å². The smallest absolute Gasteiger partial charge is 0.254 e. The van der Waals surface area contributed by atoms with Gasteiger partial charge < -0.3 is 19.1 Å². The second-order valence-corrected chi connectivity index (χ2v) is 10.8. The van der Waals surface area contributed by atoms with E-state index in [1.165, 1.54) is 12.3 Å². The third-order valence-electron chi connectivity index (χ3n) is 7.47. The molecule has 2 aliphatic heterocycles. The lowest BCUT2D eigenvalue weighted by Gasteiger charge is -2.34. The van der Waals surface area contributed by atoms with Gasteiger partial charge in [-0.2, -0.15) is 15.5 Å².